The molecule has 1 fully saturated rings. The first-order chi connectivity index (χ1) is 15.3. The second-order valence-corrected chi connectivity index (χ2v) is 7.81. The third kappa shape index (κ3) is 4.17. The number of nitrogens with zero attached hydrogens (tertiary/aromatic N) is 3. The van der Waals surface area contributed by atoms with Crippen molar-refractivity contribution in [2.75, 3.05) is 0 Å². The number of amides is 1. The van der Waals surface area contributed by atoms with E-state index in [2.05, 4.69) is 20.7 Å². The van der Waals surface area contributed by atoms with E-state index in [1.807, 2.05) is 84.9 Å². The van der Waals surface area contributed by atoms with E-state index in [4.69, 9.17) is 4.52 Å². The first kappa shape index (κ1) is 19.0. The number of fused-ring (bicyclic) bond motifs is 1. The number of aromatic nitrogens is 1. The fourth-order valence-corrected chi connectivity index (χ4v) is 3.94. The van der Waals surface area contributed by atoms with Gasteiger partial charge in [0.15, 0.2) is 10.9 Å². The molecule has 31 heavy (non-hydrogen) atoms. The number of thioether (sulfide) groups is 1. The molecule has 4 aromatic rings. The van der Waals surface area contributed by atoms with Crippen LogP contribution in [-0.2, 0) is 4.79 Å². The molecule has 1 aromatic heterocycles. The van der Waals surface area contributed by atoms with E-state index in [1.165, 1.54) is 11.8 Å². The molecule has 1 aliphatic rings. The first-order valence-electron chi connectivity index (χ1n) is 9.58. The van der Waals surface area contributed by atoms with Crippen LogP contribution in [0.3, 0.4) is 0 Å². The van der Waals surface area contributed by atoms with Gasteiger partial charge in [0.05, 0.1) is 16.5 Å². The summed E-state index contributed by atoms with van der Waals surface area (Å²) in [5.41, 5.74) is 3.53. The summed E-state index contributed by atoms with van der Waals surface area (Å²) in [5, 5.41) is 16.4. The summed E-state index contributed by atoms with van der Waals surface area (Å²) in [7, 11) is 0. The number of amidine groups is 1. The van der Waals surface area contributed by atoms with Crippen LogP contribution < -0.4 is 5.32 Å². The van der Waals surface area contributed by atoms with Gasteiger partial charge in [0, 0.05) is 5.56 Å². The van der Waals surface area contributed by atoms with Crippen molar-refractivity contribution in [3.63, 3.8) is 0 Å². The summed E-state index contributed by atoms with van der Waals surface area (Å²) in [6.07, 6.45) is 3.47. The lowest BCUT2D eigenvalue weighted by Crippen LogP contribution is -2.19. The van der Waals surface area contributed by atoms with Crippen molar-refractivity contribution in [2.24, 2.45) is 10.2 Å². The topological polar surface area (TPSA) is 79.9 Å². The van der Waals surface area contributed by atoms with Crippen molar-refractivity contribution in [1.82, 2.24) is 10.5 Å². The summed E-state index contributed by atoms with van der Waals surface area (Å²) in [6.45, 7) is 0. The Bertz CT molecular complexity index is 1340. The van der Waals surface area contributed by atoms with Crippen LogP contribution in [0.25, 0.3) is 28.3 Å². The van der Waals surface area contributed by atoms with Crippen molar-refractivity contribution in [3.05, 3.63) is 94.9 Å². The lowest BCUT2D eigenvalue weighted by Gasteiger charge is -1.98. The predicted octanol–water partition coefficient (Wildman–Crippen LogP) is 5.09. The molecule has 0 unspecified atom stereocenters. The largest absolute Gasteiger partial charge is 0.355 e. The molecule has 0 radical (unpaired) electrons. The fraction of sp³-hybridized carbons (Fsp3) is 0. The van der Waals surface area contributed by atoms with Crippen LogP contribution in [-0.4, -0.2) is 22.4 Å². The molecular formula is C24H16N4O2S. The maximum Gasteiger partial charge on any atom is 0.264 e. The Morgan fingerprint density at radius 3 is 2.52 bits per heavy atom. The zero-order valence-electron chi connectivity index (χ0n) is 16.2. The molecule has 1 aliphatic heterocycles. The molecule has 5 rings (SSSR count). The first-order valence-corrected chi connectivity index (χ1v) is 10.4. The third-order valence-electron chi connectivity index (χ3n) is 4.64. The minimum absolute atomic E-state index is 0.202. The van der Waals surface area contributed by atoms with Crippen LogP contribution in [0.15, 0.2) is 98.5 Å². The number of rotatable bonds is 4. The van der Waals surface area contributed by atoms with Crippen LogP contribution in [0.1, 0.15) is 11.1 Å². The van der Waals surface area contributed by atoms with Gasteiger partial charge >= 0.3 is 0 Å². The molecule has 7 heteroatoms. The van der Waals surface area contributed by atoms with Crippen molar-refractivity contribution in [1.29, 1.82) is 0 Å². The highest BCUT2D eigenvalue weighted by Crippen LogP contribution is 2.31. The minimum atomic E-state index is -0.202. The summed E-state index contributed by atoms with van der Waals surface area (Å²) < 4.78 is 5.55. The number of hydrogen-bond acceptors (Lipinski definition) is 6. The van der Waals surface area contributed by atoms with Gasteiger partial charge in [0.25, 0.3) is 5.91 Å². The van der Waals surface area contributed by atoms with Crippen LogP contribution >= 0.6 is 11.8 Å². The van der Waals surface area contributed by atoms with Gasteiger partial charge in [0.2, 0.25) is 0 Å². The molecule has 2 heterocycles. The van der Waals surface area contributed by atoms with E-state index in [0.29, 0.717) is 15.8 Å². The van der Waals surface area contributed by atoms with Crippen LogP contribution in [0.5, 0.6) is 0 Å². The standard InChI is InChI=1S/C24H16N4O2S/c29-23-21(31-24(26-23)27-25-15-16-7-3-1-4-8-16)14-17-11-12-20-19(13-17)22(30-28-20)18-9-5-2-6-10-18/h1-15H,(H,26,27,29)/b21-14+,25-15+. The van der Waals surface area contributed by atoms with Gasteiger partial charge in [-0.15, -0.1) is 5.10 Å². The summed E-state index contributed by atoms with van der Waals surface area (Å²) in [6, 6.07) is 25.2. The highest BCUT2D eigenvalue weighted by atomic mass is 32.2. The summed E-state index contributed by atoms with van der Waals surface area (Å²) >= 11 is 1.25. The molecule has 1 amide bonds. The normalized spacial score (nSPS) is 16.6. The maximum absolute atomic E-state index is 12.4. The molecular weight excluding hydrogens is 408 g/mol. The van der Waals surface area contributed by atoms with E-state index < -0.39 is 0 Å². The monoisotopic (exact) mass is 424 g/mol. The fourth-order valence-electron chi connectivity index (χ4n) is 3.16. The Kier molecular flexibility index (Phi) is 5.16. The average Bonchev–Trinajstić information content (AvgIpc) is 3.38. The molecule has 0 saturated carbocycles. The molecule has 0 bridgehead atoms. The Morgan fingerprint density at radius 2 is 1.71 bits per heavy atom. The van der Waals surface area contributed by atoms with Crippen LogP contribution in [0.4, 0.5) is 0 Å². The molecule has 150 valence electrons. The molecule has 0 aliphatic carbocycles. The second-order valence-electron chi connectivity index (χ2n) is 6.78. The quantitative estimate of drug-likeness (QED) is 0.281. The molecule has 0 atom stereocenters. The van der Waals surface area contributed by atoms with Gasteiger partial charge in [-0.2, -0.15) is 5.10 Å². The zero-order chi connectivity index (χ0) is 21.0. The van der Waals surface area contributed by atoms with Gasteiger partial charge in [-0.05, 0) is 41.1 Å². The molecule has 1 N–H and O–H groups in total. The van der Waals surface area contributed by atoms with E-state index in [0.717, 1.165) is 27.6 Å². The van der Waals surface area contributed by atoms with Crippen molar-refractivity contribution in [3.8, 4) is 11.3 Å². The summed E-state index contributed by atoms with van der Waals surface area (Å²) in [4.78, 5) is 12.9. The Hall–Kier alpha value is -3.97. The second kappa shape index (κ2) is 8.41. The van der Waals surface area contributed by atoms with Gasteiger partial charge in [-0.3, -0.25) is 10.1 Å². The van der Waals surface area contributed by atoms with Gasteiger partial charge in [-0.1, -0.05) is 71.9 Å². The Morgan fingerprint density at radius 1 is 0.935 bits per heavy atom. The Balaban J connectivity index is 1.39. The van der Waals surface area contributed by atoms with Crippen LogP contribution in [0.2, 0.25) is 0 Å². The zero-order valence-corrected chi connectivity index (χ0v) is 17.0. The van der Waals surface area contributed by atoms with E-state index >= 15 is 0 Å². The van der Waals surface area contributed by atoms with Crippen molar-refractivity contribution in [2.45, 2.75) is 0 Å². The third-order valence-corrected chi connectivity index (χ3v) is 5.54. The van der Waals surface area contributed by atoms with E-state index in [-0.39, 0.29) is 5.91 Å². The van der Waals surface area contributed by atoms with E-state index in [9.17, 15) is 4.79 Å². The number of carbonyl (C=O) groups is 1. The van der Waals surface area contributed by atoms with Crippen LogP contribution in [0, 0.1) is 0 Å². The van der Waals surface area contributed by atoms with Gasteiger partial charge in [-0.25, -0.2) is 0 Å². The highest BCUT2D eigenvalue weighted by Gasteiger charge is 2.24. The molecule has 0 spiro atoms. The van der Waals surface area contributed by atoms with E-state index in [1.54, 1.807) is 6.21 Å². The molecule has 6 nitrogen and oxygen atoms in total. The average molecular weight is 424 g/mol. The predicted molar refractivity (Wildman–Crippen MR) is 125 cm³/mol. The SMILES string of the molecule is O=C1N/C(=N\N=C\c2ccccc2)S/C1=C/c1ccc2noc(-c3ccccc3)c2c1. The highest BCUT2D eigenvalue weighted by molar-refractivity contribution is 8.18. The number of nitrogens with one attached hydrogen (secondary N) is 1. The van der Waals surface area contributed by atoms with Gasteiger partial charge in [0.1, 0.15) is 5.52 Å². The number of benzene rings is 3. The van der Waals surface area contributed by atoms with Crippen molar-refractivity contribution < 1.29 is 9.32 Å². The maximum atomic E-state index is 12.4. The minimum Gasteiger partial charge on any atom is -0.355 e. The van der Waals surface area contributed by atoms with Crippen molar-refractivity contribution >= 4 is 46.0 Å². The smallest absolute Gasteiger partial charge is 0.264 e. The Labute approximate surface area is 182 Å². The number of hydrogen-bond donors (Lipinski definition) is 1. The lowest BCUT2D eigenvalue weighted by molar-refractivity contribution is -0.115. The number of carbonyl (C=O) groups excluding carboxylic acids is 1. The molecule has 1 saturated heterocycles. The van der Waals surface area contributed by atoms with Gasteiger partial charge < -0.3 is 4.52 Å². The lowest BCUT2D eigenvalue weighted by atomic mass is 10.1. The molecule has 3 aromatic carbocycles. The summed E-state index contributed by atoms with van der Waals surface area (Å²) in [5.74, 6) is 0.504.